The average Bonchev–Trinajstić information content (AvgIpc) is 2.58. The maximum Gasteiger partial charge on any atom is 0.416 e. The summed E-state index contributed by atoms with van der Waals surface area (Å²) in [6.07, 6.45) is -5.73. The number of alkyl halides is 3. The molecule has 0 bridgehead atoms. The summed E-state index contributed by atoms with van der Waals surface area (Å²) in [7, 11) is 0. The number of carbonyl (C=O) groups excluding carboxylic acids is 2. The van der Waals surface area contributed by atoms with Crippen LogP contribution in [-0.2, 0) is 11.0 Å². The van der Waals surface area contributed by atoms with Crippen LogP contribution in [0.15, 0.2) is 24.3 Å². The number of thioether (sulfide) groups is 1. The minimum absolute atomic E-state index is 0.284. The van der Waals surface area contributed by atoms with Gasteiger partial charge in [-0.05, 0) is 36.1 Å². The Bertz CT molecular complexity index is 599. The van der Waals surface area contributed by atoms with Crippen LogP contribution in [-0.4, -0.2) is 40.6 Å². The summed E-state index contributed by atoms with van der Waals surface area (Å²) in [5.74, 6) is -0.336. The summed E-state index contributed by atoms with van der Waals surface area (Å²) < 4.78 is 37.9. The van der Waals surface area contributed by atoms with E-state index in [1.165, 1.54) is 6.07 Å². The van der Waals surface area contributed by atoms with Crippen LogP contribution in [0.3, 0.4) is 0 Å². The van der Waals surface area contributed by atoms with E-state index in [0.717, 1.165) is 17.9 Å². The lowest BCUT2D eigenvalue weighted by molar-refractivity contribution is -0.137. The van der Waals surface area contributed by atoms with Gasteiger partial charge < -0.3 is 10.8 Å². The number of hydrogen-bond acceptors (Lipinski definition) is 5. The first-order valence-corrected chi connectivity index (χ1v) is 8.61. The number of aliphatic hydroxyl groups is 1. The van der Waals surface area contributed by atoms with E-state index in [4.69, 9.17) is 5.73 Å². The number of amides is 2. The highest BCUT2D eigenvalue weighted by Crippen LogP contribution is 2.29. The van der Waals surface area contributed by atoms with Crippen molar-refractivity contribution in [3.05, 3.63) is 35.4 Å². The molecule has 6 nitrogen and oxygen atoms in total. The van der Waals surface area contributed by atoms with Crippen molar-refractivity contribution < 1.29 is 27.9 Å². The van der Waals surface area contributed by atoms with E-state index in [1.807, 2.05) is 17.8 Å². The second-order valence-corrected chi connectivity index (χ2v) is 6.51. The first-order valence-electron chi connectivity index (χ1n) is 7.45. The molecule has 0 saturated carbocycles. The highest BCUT2D eigenvalue weighted by atomic mass is 32.2. The number of hydrazine groups is 1. The number of aliphatic hydroxyl groups excluding tert-OH is 1. The molecule has 0 fully saturated rings. The van der Waals surface area contributed by atoms with Gasteiger partial charge in [-0.2, -0.15) is 24.9 Å². The van der Waals surface area contributed by atoms with Gasteiger partial charge in [0.1, 0.15) is 6.10 Å². The van der Waals surface area contributed by atoms with Crippen LogP contribution in [0.25, 0.3) is 0 Å². The van der Waals surface area contributed by atoms with Crippen molar-refractivity contribution in [2.75, 3.05) is 11.5 Å². The molecule has 10 heteroatoms. The third kappa shape index (κ3) is 6.92. The summed E-state index contributed by atoms with van der Waals surface area (Å²) >= 11 is 1.60. The molecule has 0 heterocycles. The van der Waals surface area contributed by atoms with Crippen LogP contribution in [0.2, 0.25) is 0 Å². The number of halogens is 3. The Kier molecular flexibility index (Phi) is 8.20. The van der Waals surface area contributed by atoms with E-state index < -0.39 is 35.7 Å². The van der Waals surface area contributed by atoms with Gasteiger partial charge in [0.25, 0.3) is 11.8 Å². The van der Waals surface area contributed by atoms with Gasteiger partial charge in [0.05, 0.1) is 5.56 Å². The topological polar surface area (TPSA) is 104 Å². The average molecular weight is 379 g/mol. The molecule has 0 saturated heterocycles. The van der Waals surface area contributed by atoms with Crippen LogP contribution in [0, 0.1) is 0 Å². The number of rotatable bonds is 7. The fourth-order valence-corrected chi connectivity index (χ4v) is 2.54. The van der Waals surface area contributed by atoms with Gasteiger partial charge in [0, 0.05) is 11.6 Å². The number of nitrogens with two attached hydrogens (primary N) is 1. The molecule has 2 atom stereocenters. The molecule has 0 aromatic heterocycles. The molecule has 25 heavy (non-hydrogen) atoms. The zero-order valence-corrected chi connectivity index (χ0v) is 14.3. The Morgan fingerprint density at radius 1 is 1.32 bits per heavy atom. The monoisotopic (exact) mass is 379 g/mol. The van der Waals surface area contributed by atoms with E-state index in [1.54, 1.807) is 11.8 Å². The maximum absolute atomic E-state index is 12.6. The van der Waals surface area contributed by atoms with E-state index >= 15 is 0 Å². The molecule has 0 aliphatic heterocycles. The lowest BCUT2D eigenvalue weighted by Crippen LogP contribution is -2.52. The minimum atomic E-state index is -4.58. The van der Waals surface area contributed by atoms with E-state index in [2.05, 4.69) is 0 Å². The van der Waals surface area contributed by atoms with Gasteiger partial charge in [0.2, 0.25) is 0 Å². The predicted molar refractivity (Wildman–Crippen MR) is 88.7 cm³/mol. The molecule has 0 radical (unpaired) electrons. The Balaban J connectivity index is 2.57. The highest BCUT2D eigenvalue weighted by Gasteiger charge is 2.31. The predicted octanol–water partition coefficient (Wildman–Crippen LogP) is 1.30. The van der Waals surface area contributed by atoms with Crippen molar-refractivity contribution >= 4 is 23.6 Å². The largest absolute Gasteiger partial charge is 0.416 e. The quantitative estimate of drug-likeness (QED) is 0.422. The van der Waals surface area contributed by atoms with Gasteiger partial charge in [-0.3, -0.25) is 20.4 Å². The number of nitrogens with one attached hydrogen (secondary N) is 2. The standard InChI is InChI=1S/C15H20F3N3O3S/c1-2-25-7-6-11(19)12(22)14(24)21-20-13(23)9-4-3-5-10(8-9)15(16,17)18/h3-5,8,11-12,22H,2,6-7,19H2,1H3,(H,20,23)(H,21,24)/t11-,12?/m1/s1. The molecule has 1 aromatic rings. The molecule has 0 spiro atoms. The maximum atomic E-state index is 12.6. The van der Waals surface area contributed by atoms with Gasteiger partial charge in [0.15, 0.2) is 0 Å². The molecular weight excluding hydrogens is 359 g/mol. The van der Waals surface area contributed by atoms with E-state index in [0.29, 0.717) is 18.2 Å². The normalized spacial score (nSPS) is 13.8. The van der Waals surface area contributed by atoms with E-state index in [9.17, 15) is 27.9 Å². The summed E-state index contributed by atoms with van der Waals surface area (Å²) in [6, 6.07) is 2.92. The summed E-state index contributed by atoms with van der Waals surface area (Å²) in [5.41, 5.74) is 8.32. The summed E-state index contributed by atoms with van der Waals surface area (Å²) in [5, 5.41) is 9.77. The SMILES string of the molecule is CCSCC[C@@H](N)C(O)C(=O)NNC(=O)c1cccc(C(F)(F)F)c1. The second-order valence-electron chi connectivity index (χ2n) is 5.12. The Labute approximate surface area is 147 Å². The molecule has 0 aliphatic carbocycles. The molecular formula is C15H20F3N3O3S. The highest BCUT2D eigenvalue weighted by molar-refractivity contribution is 7.99. The number of hydrogen-bond donors (Lipinski definition) is 4. The van der Waals surface area contributed by atoms with Crippen LogP contribution < -0.4 is 16.6 Å². The van der Waals surface area contributed by atoms with Gasteiger partial charge in [-0.15, -0.1) is 0 Å². The van der Waals surface area contributed by atoms with Crippen molar-refractivity contribution in [1.29, 1.82) is 0 Å². The Morgan fingerprint density at radius 3 is 2.60 bits per heavy atom. The van der Waals surface area contributed by atoms with Crippen molar-refractivity contribution in [2.24, 2.45) is 5.73 Å². The van der Waals surface area contributed by atoms with Crippen LogP contribution >= 0.6 is 11.8 Å². The number of benzene rings is 1. The van der Waals surface area contributed by atoms with Gasteiger partial charge in [-0.1, -0.05) is 13.0 Å². The zero-order valence-electron chi connectivity index (χ0n) is 13.5. The fourth-order valence-electron chi connectivity index (χ4n) is 1.82. The van der Waals surface area contributed by atoms with Gasteiger partial charge in [-0.25, -0.2) is 0 Å². The molecule has 5 N–H and O–H groups in total. The van der Waals surface area contributed by atoms with Gasteiger partial charge >= 0.3 is 6.18 Å². The lowest BCUT2D eigenvalue weighted by atomic mass is 10.1. The molecule has 1 aromatic carbocycles. The van der Waals surface area contributed by atoms with Crippen LogP contribution in [0.1, 0.15) is 29.3 Å². The molecule has 0 aliphatic rings. The van der Waals surface area contributed by atoms with Crippen LogP contribution in [0.4, 0.5) is 13.2 Å². The molecule has 1 rings (SSSR count). The second kappa shape index (κ2) is 9.64. The first kappa shape index (κ1) is 21.3. The third-order valence-electron chi connectivity index (χ3n) is 3.23. The summed E-state index contributed by atoms with van der Waals surface area (Å²) in [6.45, 7) is 1.96. The minimum Gasteiger partial charge on any atom is -0.382 e. The fraction of sp³-hybridized carbons (Fsp3) is 0.467. The number of carbonyl (C=O) groups is 2. The van der Waals surface area contributed by atoms with E-state index in [-0.39, 0.29) is 5.56 Å². The molecule has 140 valence electrons. The third-order valence-corrected chi connectivity index (χ3v) is 4.16. The van der Waals surface area contributed by atoms with Crippen molar-refractivity contribution in [1.82, 2.24) is 10.9 Å². The van der Waals surface area contributed by atoms with Crippen molar-refractivity contribution in [3.63, 3.8) is 0 Å². The van der Waals surface area contributed by atoms with Crippen LogP contribution in [0.5, 0.6) is 0 Å². The molecule has 1 unspecified atom stereocenters. The Morgan fingerprint density at radius 2 is 2.00 bits per heavy atom. The molecule has 2 amide bonds. The summed E-state index contributed by atoms with van der Waals surface area (Å²) in [4.78, 5) is 23.6. The van der Waals surface area contributed by atoms with Crippen molar-refractivity contribution in [3.8, 4) is 0 Å². The first-order chi connectivity index (χ1) is 11.7. The Hall–Kier alpha value is -1.78. The lowest BCUT2D eigenvalue weighted by Gasteiger charge is -2.18. The zero-order chi connectivity index (χ0) is 19.0. The smallest absolute Gasteiger partial charge is 0.382 e. The van der Waals surface area contributed by atoms with Crippen molar-refractivity contribution in [2.45, 2.75) is 31.7 Å².